The van der Waals surface area contributed by atoms with E-state index in [1.807, 2.05) is 34.9 Å². The number of hydrogen-bond acceptors (Lipinski definition) is 3. The van der Waals surface area contributed by atoms with Gasteiger partial charge in [-0.15, -0.1) is 10.2 Å². The van der Waals surface area contributed by atoms with Crippen LogP contribution in [0.5, 0.6) is 0 Å². The van der Waals surface area contributed by atoms with E-state index in [1.54, 1.807) is 6.33 Å². The van der Waals surface area contributed by atoms with Crippen molar-refractivity contribution in [1.29, 1.82) is 0 Å². The van der Waals surface area contributed by atoms with Crippen LogP contribution in [0.2, 0.25) is 0 Å². The van der Waals surface area contributed by atoms with Crippen LogP contribution >= 0.6 is 0 Å². The summed E-state index contributed by atoms with van der Waals surface area (Å²) in [5, 5.41) is 11.2. The molecule has 0 bridgehead atoms. The first-order valence-corrected chi connectivity index (χ1v) is 7.78. The van der Waals surface area contributed by atoms with E-state index in [4.69, 9.17) is 0 Å². The molecule has 1 heterocycles. The van der Waals surface area contributed by atoms with Crippen molar-refractivity contribution in [2.24, 2.45) is 5.92 Å². The first kappa shape index (κ1) is 16.0. The lowest BCUT2D eigenvalue weighted by Gasteiger charge is -2.31. The largest absolute Gasteiger partial charge is 0.391 e. The molecule has 1 aromatic carbocycles. The van der Waals surface area contributed by atoms with Crippen LogP contribution in [0.3, 0.4) is 0 Å². The maximum atomic E-state index is 12.9. The van der Waals surface area contributed by atoms with Crippen LogP contribution in [0.25, 0.3) is 5.69 Å². The van der Waals surface area contributed by atoms with Gasteiger partial charge in [-0.3, -0.25) is 4.57 Å². The zero-order chi connectivity index (χ0) is 16.3. The monoisotopic (exact) mass is 324 g/mol. The molecule has 2 atom stereocenters. The lowest BCUT2D eigenvalue weighted by atomic mass is 9.85. The van der Waals surface area contributed by atoms with Crippen molar-refractivity contribution < 1.29 is 13.2 Å². The molecule has 1 fully saturated rings. The van der Waals surface area contributed by atoms with E-state index in [-0.39, 0.29) is 18.9 Å². The topological polar surface area (TPSA) is 42.7 Å². The second-order valence-electron chi connectivity index (χ2n) is 5.94. The van der Waals surface area contributed by atoms with E-state index in [0.29, 0.717) is 18.8 Å². The molecule has 3 rings (SSSR count). The number of alkyl halides is 3. The molecule has 0 amide bonds. The van der Waals surface area contributed by atoms with E-state index < -0.39 is 12.1 Å². The van der Waals surface area contributed by atoms with E-state index >= 15 is 0 Å². The minimum Gasteiger partial charge on any atom is -0.307 e. The van der Waals surface area contributed by atoms with Gasteiger partial charge in [-0.1, -0.05) is 24.6 Å². The van der Waals surface area contributed by atoms with E-state index in [9.17, 15) is 13.2 Å². The highest BCUT2D eigenvalue weighted by molar-refractivity contribution is 5.31. The quantitative estimate of drug-likeness (QED) is 0.936. The van der Waals surface area contributed by atoms with E-state index in [0.717, 1.165) is 12.1 Å². The van der Waals surface area contributed by atoms with Crippen LogP contribution in [0, 0.1) is 5.92 Å². The Kier molecular flexibility index (Phi) is 4.66. The Labute approximate surface area is 132 Å². The average molecular weight is 324 g/mol. The summed E-state index contributed by atoms with van der Waals surface area (Å²) in [5.41, 5.74) is 0.936. The molecule has 0 spiro atoms. The highest BCUT2D eigenvalue weighted by Crippen LogP contribution is 2.37. The molecule has 4 nitrogen and oxygen atoms in total. The number of nitrogens with one attached hydrogen (secondary N) is 1. The fourth-order valence-corrected chi connectivity index (χ4v) is 3.09. The molecule has 23 heavy (non-hydrogen) atoms. The molecule has 124 valence electrons. The molecule has 1 aliphatic rings. The van der Waals surface area contributed by atoms with Gasteiger partial charge in [0, 0.05) is 11.7 Å². The van der Waals surface area contributed by atoms with Crippen molar-refractivity contribution in [3.05, 3.63) is 42.5 Å². The van der Waals surface area contributed by atoms with Gasteiger partial charge in [0.1, 0.15) is 6.33 Å². The number of rotatable bonds is 4. The molecule has 1 N–H and O–H groups in total. The van der Waals surface area contributed by atoms with Gasteiger partial charge in [0.15, 0.2) is 5.82 Å². The van der Waals surface area contributed by atoms with Gasteiger partial charge in [-0.2, -0.15) is 13.2 Å². The van der Waals surface area contributed by atoms with Crippen LogP contribution in [0.15, 0.2) is 36.7 Å². The summed E-state index contributed by atoms with van der Waals surface area (Å²) in [6, 6.07) is 9.51. The predicted octanol–water partition coefficient (Wildman–Crippen LogP) is 3.48. The highest BCUT2D eigenvalue weighted by atomic mass is 19.4. The van der Waals surface area contributed by atoms with Crippen molar-refractivity contribution in [2.75, 3.05) is 0 Å². The van der Waals surface area contributed by atoms with Crippen LogP contribution in [0.1, 0.15) is 31.5 Å². The Morgan fingerprint density at radius 3 is 2.70 bits per heavy atom. The maximum Gasteiger partial charge on any atom is 0.391 e. The zero-order valence-electron chi connectivity index (χ0n) is 12.6. The van der Waals surface area contributed by atoms with Gasteiger partial charge in [-0.05, 0) is 31.4 Å². The number of hydrogen-bond donors (Lipinski definition) is 1. The number of halogens is 3. The van der Waals surface area contributed by atoms with Crippen molar-refractivity contribution in [1.82, 2.24) is 20.1 Å². The Balaban J connectivity index is 1.62. The van der Waals surface area contributed by atoms with Gasteiger partial charge in [0.2, 0.25) is 0 Å². The third-order valence-corrected chi connectivity index (χ3v) is 4.34. The molecule has 1 saturated carbocycles. The summed E-state index contributed by atoms with van der Waals surface area (Å²) in [6.07, 6.45) is -0.722. The second kappa shape index (κ2) is 6.70. The summed E-state index contributed by atoms with van der Waals surface area (Å²) in [6.45, 7) is 0.407. The molecule has 1 aromatic heterocycles. The lowest BCUT2D eigenvalue weighted by Crippen LogP contribution is -2.38. The van der Waals surface area contributed by atoms with E-state index in [2.05, 4.69) is 15.5 Å². The molecular weight excluding hydrogens is 305 g/mol. The summed E-state index contributed by atoms with van der Waals surface area (Å²) < 4.78 is 40.4. The fraction of sp³-hybridized carbons (Fsp3) is 0.500. The van der Waals surface area contributed by atoms with Crippen molar-refractivity contribution in [3.8, 4) is 5.69 Å². The summed E-state index contributed by atoms with van der Waals surface area (Å²) >= 11 is 0. The molecular formula is C16H19F3N4. The van der Waals surface area contributed by atoms with Gasteiger partial charge in [0.25, 0.3) is 0 Å². The fourth-order valence-electron chi connectivity index (χ4n) is 3.09. The number of para-hydroxylation sites is 1. The Hall–Kier alpha value is -1.89. The average Bonchev–Trinajstić information content (AvgIpc) is 3.02. The summed E-state index contributed by atoms with van der Waals surface area (Å²) in [5.74, 6) is -0.494. The summed E-state index contributed by atoms with van der Waals surface area (Å²) in [7, 11) is 0. The predicted molar refractivity (Wildman–Crippen MR) is 80.0 cm³/mol. The molecule has 0 unspecified atom stereocenters. The van der Waals surface area contributed by atoms with Crippen LogP contribution < -0.4 is 5.32 Å². The van der Waals surface area contributed by atoms with Gasteiger partial charge < -0.3 is 5.32 Å². The number of benzene rings is 1. The number of nitrogens with zero attached hydrogens (tertiary/aromatic N) is 3. The first-order chi connectivity index (χ1) is 11.0. The smallest absolute Gasteiger partial charge is 0.307 e. The SMILES string of the molecule is FC(F)(F)[C@H]1CCC[C@@H](NCc2nncn2-c2ccccc2)C1. The third-order valence-electron chi connectivity index (χ3n) is 4.34. The molecule has 7 heteroatoms. The Morgan fingerprint density at radius 2 is 1.96 bits per heavy atom. The Bertz CT molecular complexity index is 624. The van der Waals surface area contributed by atoms with Crippen LogP contribution in [-0.2, 0) is 6.54 Å². The maximum absolute atomic E-state index is 12.9. The molecule has 2 aromatic rings. The minimum atomic E-state index is -4.09. The van der Waals surface area contributed by atoms with E-state index in [1.165, 1.54) is 0 Å². The molecule has 0 radical (unpaired) electrons. The van der Waals surface area contributed by atoms with Gasteiger partial charge in [0.05, 0.1) is 12.5 Å². The van der Waals surface area contributed by atoms with Gasteiger partial charge >= 0.3 is 6.18 Å². The van der Waals surface area contributed by atoms with Gasteiger partial charge in [-0.25, -0.2) is 0 Å². The zero-order valence-corrected chi connectivity index (χ0v) is 12.6. The van der Waals surface area contributed by atoms with Crippen molar-refractivity contribution in [2.45, 2.75) is 44.4 Å². The molecule has 1 aliphatic carbocycles. The van der Waals surface area contributed by atoms with Crippen LogP contribution in [0.4, 0.5) is 13.2 Å². The first-order valence-electron chi connectivity index (χ1n) is 7.78. The summed E-state index contributed by atoms with van der Waals surface area (Å²) in [4.78, 5) is 0. The lowest BCUT2D eigenvalue weighted by molar-refractivity contribution is -0.183. The second-order valence-corrected chi connectivity index (χ2v) is 5.94. The van der Waals surface area contributed by atoms with Crippen molar-refractivity contribution in [3.63, 3.8) is 0 Å². The molecule has 0 aliphatic heterocycles. The third kappa shape index (κ3) is 3.90. The number of aromatic nitrogens is 3. The highest BCUT2D eigenvalue weighted by Gasteiger charge is 2.42. The minimum absolute atomic E-state index is 0.128. The standard InChI is InChI=1S/C16H19F3N4/c17-16(18,19)12-5-4-6-13(9-12)20-10-15-22-21-11-23(15)14-7-2-1-3-8-14/h1-3,7-8,11-13,20H,4-6,9-10H2/t12-,13+/m0/s1. The molecule has 0 saturated heterocycles. The van der Waals surface area contributed by atoms with Crippen LogP contribution in [-0.4, -0.2) is 27.0 Å². The normalized spacial score (nSPS) is 22.2. The Morgan fingerprint density at radius 1 is 1.17 bits per heavy atom. The van der Waals surface area contributed by atoms with Crippen molar-refractivity contribution >= 4 is 0 Å².